The summed E-state index contributed by atoms with van der Waals surface area (Å²) in [4.78, 5) is 24.9. The normalized spacial score (nSPS) is 13.2. The molecule has 3 N–H and O–H groups in total. The first-order valence-corrected chi connectivity index (χ1v) is 8.59. The van der Waals surface area contributed by atoms with Crippen LogP contribution in [0.4, 0.5) is 13.8 Å². The molecule has 0 bridgehead atoms. The molecule has 0 atom stereocenters. The number of benzene rings is 1. The minimum atomic E-state index is -0.891. The summed E-state index contributed by atoms with van der Waals surface area (Å²) < 4.78 is 31.4. The van der Waals surface area contributed by atoms with E-state index in [2.05, 4.69) is 5.32 Å². The maximum Gasteiger partial charge on any atom is 0.262 e. The number of anilines is 1. The lowest BCUT2D eigenvalue weighted by atomic mass is 9.95. The summed E-state index contributed by atoms with van der Waals surface area (Å²) in [5.41, 5.74) is 6.71. The summed E-state index contributed by atoms with van der Waals surface area (Å²) in [6.07, 6.45) is 3.63. The molecule has 0 aliphatic heterocycles. The Morgan fingerprint density at radius 1 is 1.24 bits per heavy atom. The van der Waals surface area contributed by atoms with Crippen LogP contribution in [-0.4, -0.2) is 18.4 Å². The summed E-state index contributed by atoms with van der Waals surface area (Å²) in [6.45, 7) is -0.469. The van der Waals surface area contributed by atoms with Crippen molar-refractivity contribution in [1.82, 2.24) is 0 Å². The van der Waals surface area contributed by atoms with E-state index in [1.54, 1.807) is 0 Å². The Labute approximate surface area is 146 Å². The molecule has 0 unspecified atom stereocenters. The highest BCUT2D eigenvalue weighted by Gasteiger charge is 2.25. The number of nitrogens with two attached hydrogens (primary N) is 1. The monoisotopic (exact) mass is 366 g/mol. The molecule has 2 aromatic rings. The van der Waals surface area contributed by atoms with Gasteiger partial charge in [0.25, 0.3) is 11.8 Å². The number of primary amides is 1. The number of ether oxygens (including phenoxy) is 1. The highest BCUT2D eigenvalue weighted by atomic mass is 32.1. The zero-order chi connectivity index (χ0) is 18.0. The van der Waals surface area contributed by atoms with Gasteiger partial charge >= 0.3 is 0 Å². The fraction of sp³-hybridized carbons (Fsp3) is 0.294. The summed E-state index contributed by atoms with van der Waals surface area (Å²) in [5, 5.41) is 3.00. The molecular formula is C17H16F2N2O3S. The lowest BCUT2D eigenvalue weighted by molar-refractivity contribution is -0.118. The number of aryl methyl sites for hydroxylation is 1. The van der Waals surface area contributed by atoms with Crippen LogP contribution in [0.1, 0.15) is 33.6 Å². The van der Waals surface area contributed by atoms with Gasteiger partial charge in [-0.05, 0) is 43.4 Å². The minimum Gasteiger partial charge on any atom is -0.481 e. The second kappa shape index (κ2) is 7.18. The Morgan fingerprint density at radius 3 is 2.72 bits per heavy atom. The molecule has 132 valence electrons. The largest absolute Gasteiger partial charge is 0.481 e. The van der Waals surface area contributed by atoms with Crippen molar-refractivity contribution in [2.24, 2.45) is 5.73 Å². The molecule has 1 aromatic heterocycles. The van der Waals surface area contributed by atoms with E-state index in [1.807, 2.05) is 0 Å². The lowest BCUT2D eigenvalue weighted by Gasteiger charge is -2.11. The molecule has 1 aromatic carbocycles. The van der Waals surface area contributed by atoms with Crippen LogP contribution in [0.2, 0.25) is 0 Å². The number of thiophene rings is 1. The summed E-state index contributed by atoms with van der Waals surface area (Å²) in [7, 11) is 0. The van der Waals surface area contributed by atoms with Crippen LogP contribution in [0.5, 0.6) is 5.75 Å². The van der Waals surface area contributed by atoms with Crippen LogP contribution in [0, 0.1) is 11.6 Å². The smallest absolute Gasteiger partial charge is 0.262 e. The zero-order valence-corrected chi connectivity index (χ0v) is 14.1. The molecule has 1 aliphatic rings. The van der Waals surface area contributed by atoms with Crippen molar-refractivity contribution in [3.05, 3.63) is 45.8 Å². The van der Waals surface area contributed by atoms with Crippen molar-refractivity contribution in [2.45, 2.75) is 25.7 Å². The molecule has 2 amide bonds. The number of fused-ring (bicyclic) bond motifs is 1. The van der Waals surface area contributed by atoms with Crippen LogP contribution in [0.3, 0.4) is 0 Å². The number of hydrogen-bond acceptors (Lipinski definition) is 4. The molecule has 0 spiro atoms. The molecule has 1 aliphatic carbocycles. The van der Waals surface area contributed by atoms with E-state index in [0.717, 1.165) is 48.3 Å². The van der Waals surface area contributed by atoms with Gasteiger partial charge in [-0.15, -0.1) is 11.3 Å². The second-order valence-corrected chi connectivity index (χ2v) is 6.80. The van der Waals surface area contributed by atoms with Crippen molar-refractivity contribution in [1.29, 1.82) is 0 Å². The number of rotatable bonds is 5. The van der Waals surface area contributed by atoms with Gasteiger partial charge in [0.2, 0.25) is 0 Å². The Kier molecular flexibility index (Phi) is 4.98. The van der Waals surface area contributed by atoms with Crippen LogP contribution < -0.4 is 15.8 Å². The molecule has 25 heavy (non-hydrogen) atoms. The van der Waals surface area contributed by atoms with Crippen molar-refractivity contribution in [3.63, 3.8) is 0 Å². The molecular weight excluding hydrogens is 350 g/mol. The maximum absolute atomic E-state index is 13.5. The van der Waals surface area contributed by atoms with E-state index in [4.69, 9.17) is 10.5 Å². The Morgan fingerprint density at radius 2 is 2.00 bits per heavy atom. The predicted molar refractivity (Wildman–Crippen MR) is 90.0 cm³/mol. The van der Waals surface area contributed by atoms with E-state index in [-0.39, 0.29) is 5.75 Å². The van der Waals surface area contributed by atoms with E-state index < -0.39 is 30.1 Å². The molecule has 0 saturated carbocycles. The third-order valence-electron chi connectivity index (χ3n) is 3.92. The first kappa shape index (κ1) is 17.3. The zero-order valence-electron chi connectivity index (χ0n) is 13.2. The van der Waals surface area contributed by atoms with Crippen molar-refractivity contribution in [3.8, 4) is 5.75 Å². The fourth-order valence-corrected chi connectivity index (χ4v) is 4.12. The highest BCUT2D eigenvalue weighted by Crippen LogP contribution is 2.37. The highest BCUT2D eigenvalue weighted by molar-refractivity contribution is 7.17. The lowest BCUT2D eigenvalue weighted by Crippen LogP contribution is -2.22. The van der Waals surface area contributed by atoms with Crippen LogP contribution in [0.15, 0.2) is 18.2 Å². The Bertz CT molecular complexity index is 836. The van der Waals surface area contributed by atoms with Crippen LogP contribution >= 0.6 is 11.3 Å². The second-order valence-electron chi connectivity index (χ2n) is 5.69. The van der Waals surface area contributed by atoms with Crippen molar-refractivity contribution < 1.29 is 23.1 Å². The molecule has 0 fully saturated rings. The van der Waals surface area contributed by atoms with E-state index >= 15 is 0 Å². The number of amides is 2. The predicted octanol–water partition coefficient (Wildman–Crippen LogP) is 3.02. The van der Waals surface area contributed by atoms with Gasteiger partial charge in [0.05, 0.1) is 5.56 Å². The average Bonchev–Trinajstić information content (AvgIpc) is 2.91. The first-order chi connectivity index (χ1) is 12.0. The van der Waals surface area contributed by atoms with Crippen LogP contribution in [-0.2, 0) is 17.6 Å². The van der Waals surface area contributed by atoms with Gasteiger partial charge in [-0.2, -0.15) is 0 Å². The van der Waals surface area contributed by atoms with Gasteiger partial charge < -0.3 is 15.8 Å². The van der Waals surface area contributed by atoms with Crippen LogP contribution in [0.25, 0.3) is 0 Å². The van der Waals surface area contributed by atoms with Gasteiger partial charge in [-0.1, -0.05) is 0 Å². The topological polar surface area (TPSA) is 81.4 Å². The molecule has 8 heteroatoms. The summed E-state index contributed by atoms with van der Waals surface area (Å²) >= 11 is 1.33. The number of halogens is 2. The van der Waals surface area contributed by atoms with E-state index in [1.165, 1.54) is 11.3 Å². The molecule has 3 rings (SSSR count). The first-order valence-electron chi connectivity index (χ1n) is 7.77. The molecule has 0 radical (unpaired) electrons. The molecule has 5 nitrogen and oxygen atoms in total. The number of carbonyl (C=O) groups is 2. The summed E-state index contributed by atoms with van der Waals surface area (Å²) in [6, 6.07) is 2.82. The quantitative estimate of drug-likeness (QED) is 0.853. The maximum atomic E-state index is 13.5. The van der Waals surface area contributed by atoms with E-state index in [0.29, 0.717) is 16.6 Å². The fourth-order valence-electron chi connectivity index (χ4n) is 2.81. The summed E-state index contributed by atoms with van der Waals surface area (Å²) in [5.74, 6) is -2.98. The average molecular weight is 366 g/mol. The molecule has 1 heterocycles. The third-order valence-corrected chi connectivity index (χ3v) is 5.13. The standard InChI is InChI=1S/C17H16F2N2O3S/c18-9-5-6-12(11(19)7-9)24-8-14(22)21-17-15(16(20)23)10-3-1-2-4-13(10)25-17/h5-7H,1-4,8H2,(H2,20,23)(H,21,22). The van der Waals surface area contributed by atoms with Gasteiger partial charge in [-0.25, -0.2) is 8.78 Å². The van der Waals surface area contributed by atoms with Gasteiger partial charge in [0.1, 0.15) is 10.8 Å². The van der Waals surface area contributed by atoms with E-state index in [9.17, 15) is 18.4 Å². The van der Waals surface area contributed by atoms with Gasteiger partial charge in [-0.3, -0.25) is 9.59 Å². The molecule has 0 saturated heterocycles. The Balaban J connectivity index is 1.70. The number of hydrogen-bond donors (Lipinski definition) is 2. The van der Waals surface area contributed by atoms with Crippen molar-refractivity contribution in [2.75, 3.05) is 11.9 Å². The van der Waals surface area contributed by atoms with Gasteiger partial charge in [0, 0.05) is 10.9 Å². The third kappa shape index (κ3) is 3.79. The minimum absolute atomic E-state index is 0.225. The Hall–Kier alpha value is -2.48. The van der Waals surface area contributed by atoms with Crippen molar-refractivity contribution >= 4 is 28.2 Å². The number of carbonyl (C=O) groups excluding carboxylic acids is 2. The number of nitrogens with one attached hydrogen (secondary N) is 1. The SMILES string of the molecule is NC(=O)c1c(NC(=O)COc2ccc(F)cc2F)sc2c1CCCC2. The van der Waals surface area contributed by atoms with Gasteiger partial charge in [0.15, 0.2) is 18.2 Å².